The van der Waals surface area contributed by atoms with Crippen molar-refractivity contribution < 1.29 is 9.53 Å². The lowest BCUT2D eigenvalue weighted by Crippen LogP contribution is -2.45. The van der Waals surface area contributed by atoms with Gasteiger partial charge < -0.3 is 10.1 Å². The van der Waals surface area contributed by atoms with Crippen molar-refractivity contribution in [3.05, 3.63) is 14.5 Å². The number of aryl methyl sites for hydroxylation is 1. The Balaban J connectivity index is 2.01. The van der Waals surface area contributed by atoms with Crippen LogP contribution in [0.25, 0.3) is 0 Å². The number of rotatable bonds is 2. The number of carbonyl (C=O) groups is 1. The van der Waals surface area contributed by atoms with Crippen molar-refractivity contribution in [1.82, 2.24) is 10.3 Å². The van der Waals surface area contributed by atoms with E-state index in [0.29, 0.717) is 11.5 Å². The second kappa shape index (κ2) is 5.27. The highest BCUT2D eigenvalue weighted by molar-refractivity contribution is 9.11. The Morgan fingerprint density at radius 3 is 2.89 bits per heavy atom. The summed E-state index contributed by atoms with van der Waals surface area (Å²) in [6.07, 6.45) is 1.71. The van der Waals surface area contributed by atoms with Crippen LogP contribution in [0.5, 0.6) is 0 Å². The number of aromatic nitrogens is 1. The summed E-state index contributed by atoms with van der Waals surface area (Å²) in [7, 11) is 0. The Hall–Kier alpha value is -0.460. The van der Waals surface area contributed by atoms with Crippen molar-refractivity contribution in [3.8, 4) is 0 Å². The van der Waals surface area contributed by atoms with Crippen LogP contribution in [-0.4, -0.2) is 29.1 Å². The minimum atomic E-state index is -0.153. The monoisotopic (exact) mass is 332 g/mol. The average molecular weight is 333 g/mol. The second-order valence-electron chi connectivity index (χ2n) is 5.15. The second-order valence-corrected chi connectivity index (χ2v) is 7.43. The molecule has 1 saturated heterocycles. The van der Waals surface area contributed by atoms with E-state index in [0.717, 1.165) is 22.5 Å². The molecule has 1 unspecified atom stereocenters. The van der Waals surface area contributed by atoms with E-state index in [2.05, 4.69) is 40.1 Å². The third kappa shape index (κ3) is 3.30. The molecule has 1 atom stereocenters. The first-order valence-corrected chi connectivity index (χ1v) is 7.56. The number of nitrogens with zero attached hydrogens (tertiary/aromatic N) is 1. The van der Waals surface area contributed by atoms with Gasteiger partial charge in [-0.15, -0.1) is 11.3 Å². The highest BCUT2D eigenvalue weighted by atomic mass is 79.9. The lowest BCUT2D eigenvalue weighted by molar-refractivity contribution is -0.0615. The van der Waals surface area contributed by atoms with Crippen molar-refractivity contribution in [2.45, 2.75) is 45.3 Å². The molecule has 2 rings (SSSR count). The zero-order chi connectivity index (χ0) is 13.3. The van der Waals surface area contributed by atoms with E-state index in [4.69, 9.17) is 4.74 Å². The summed E-state index contributed by atoms with van der Waals surface area (Å²) in [5.41, 5.74) is 0.621. The number of carbonyl (C=O) groups excluding carboxylic acids is 1. The highest BCUT2D eigenvalue weighted by Crippen LogP contribution is 2.26. The molecule has 0 aromatic carbocycles. The van der Waals surface area contributed by atoms with Crippen LogP contribution < -0.4 is 5.32 Å². The zero-order valence-corrected chi connectivity index (χ0v) is 13.2. The molecule has 0 saturated carbocycles. The first-order valence-electron chi connectivity index (χ1n) is 5.95. The number of hydrogen-bond acceptors (Lipinski definition) is 4. The van der Waals surface area contributed by atoms with Crippen molar-refractivity contribution in [1.29, 1.82) is 0 Å². The Morgan fingerprint density at radius 2 is 2.33 bits per heavy atom. The largest absolute Gasteiger partial charge is 0.375 e. The van der Waals surface area contributed by atoms with Crippen LogP contribution in [0.2, 0.25) is 0 Å². The highest BCUT2D eigenvalue weighted by Gasteiger charge is 2.30. The van der Waals surface area contributed by atoms with Gasteiger partial charge in [-0.2, -0.15) is 0 Å². The Morgan fingerprint density at radius 1 is 1.61 bits per heavy atom. The number of ether oxygens (including phenoxy) is 1. The van der Waals surface area contributed by atoms with Crippen LogP contribution in [0.4, 0.5) is 0 Å². The summed E-state index contributed by atoms with van der Waals surface area (Å²) in [4.78, 5) is 17.0. The number of amides is 1. The van der Waals surface area contributed by atoms with Crippen LogP contribution in [0.15, 0.2) is 3.92 Å². The maximum absolute atomic E-state index is 12.2. The Kier molecular flexibility index (Phi) is 4.08. The van der Waals surface area contributed by atoms with Crippen molar-refractivity contribution >= 4 is 33.2 Å². The smallest absolute Gasteiger partial charge is 0.263 e. The van der Waals surface area contributed by atoms with E-state index in [1.807, 2.05) is 6.92 Å². The van der Waals surface area contributed by atoms with E-state index in [-0.39, 0.29) is 17.6 Å². The summed E-state index contributed by atoms with van der Waals surface area (Å²) in [6, 6.07) is 0.182. The fraction of sp³-hybridized carbons (Fsp3) is 0.667. The SMILES string of the molecule is Cc1nc(Br)sc1C(=O)NC1CCOC(C)(C)C1. The zero-order valence-electron chi connectivity index (χ0n) is 10.7. The summed E-state index contributed by atoms with van der Waals surface area (Å²) in [6.45, 7) is 6.66. The number of nitrogens with one attached hydrogen (secondary N) is 1. The van der Waals surface area contributed by atoms with Crippen LogP contribution in [-0.2, 0) is 4.74 Å². The van der Waals surface area contributed by atoms with Crippen molar-refractivity contribution in [2.24, 2.45) is 0 Å². The minimum Gasteiger partial charge on any atom is -0.375 e. The first-order chi connectivity index (χ1) is 8.37. The van der Waals surface area contributed by atoms with E-state index in [1.54, 1.807) is 0 Å². The summed E-state index contributed by atoms with van der Waals surface area (Å²) >= 11 is 4.68. The van der Waals surface area contributed by atoms with Crippen LogP contribution in [0.1, 0.15) is 42.1 Å². The minimum absolute atomic E-state index is 0.0293. The molecule has 1 aliphatic heterocycles. The van der Waals surface area contributed by atoms with Crippen LogP contribution >= 0.6 is 27.3 Å². The third-order valence-corrected chi connectivity index (χ3v) is 4.62. The van der Waals surface area contributed by atoms with Gasteiger partial charge in [-0.05, 0) is 49.5 Å². The van der Waals surface area contributed by atoms with Crippen LogP contribution in [0.3, 0.4) is 0 Å². The maximum Gasteiger partial charge on any atom is 0.263 e. The lowest BCUT2D eigenvalue weighted by Gasteiger charge is -2.35. The quantitative estimate of drug-likeness (QED) is 0.905. The molecule has 1 N–H and O–H groups in total. The fourth-order valence-electron chi connectivity index (χ4n) is 2.18. The van der Waals surface area contributed by atoms with E-state index in [1.165, 1.54) is 11.3 Å². The molecule has 0 spiro atoms. The van der Waals surface area contributed by atoms with Gasteiger partial charge in [0.05, 0.1) is 11.3 Å². The number of hydrogen-bond donors (Lipinski definition) is 1. The maximum atomic E-state index is 12.2. The molecule has 6 heteroatoms. The van der Waals surface area contributed by atoms with Gasteiger partial charge in [0.2, 0.25) is 0 Å². The molecule has 18 heavy (non-hydrogen) atoms. The topological polar surface area (TPSA) is 51.2 Å². The van der Waals surface area contributed by atoms with E-state index < -0.39 is 0 Å². The summed E-state index contributed by atoms with van der Waals surface area (Å²) < 4.78 is 6.39. The molecule has 1 amide bonds. The molecular weight excluding hydrogens is 316 g/mol. The number of thiazole rings is 1. The molecule has 2 heterocycles. The predicted molar refractivity (Wildman–Crippen MR) is 75.1 cm³/mol. The van der Waals surface area contributed by atoms with Gasteiger partial charge in [0.15, 0.2) is 3.92 Å². The first kappa shape index (κ1) is 14.0. The summed E-state index contributed by atoms with van der Waals surface area (Å²) in [5, 5.41) is 3.08. The molecule has 4 nitrogen and oxygen atoms in total. The molecular formula is C12H17BrN2O2S. The molecule has 1 aromatic heterocycles. The van der Waals surface area contributed by atoms with E-state index >= 15 is 0 Å². The van der Waals surface area contributed by atoms with Gasteiger partial charge in [-0.25, -0.2) is 4.98 Å². The third-order valence-electron chi connectivity index (χ3n) is 3.01. The van der Waals surface area contributed by atoms with E-state index in [9.17, 15) is 4.79 Å². The Labute approximate surface area is 119 Å². The van der Waals surface area contributed by atoms with Gasteiger partial charge in [-0.1, -0.05) is 0 Å². The molecule has 0 bridgehead atoms. The Bertz CT molecular complexity index is 459. The van der Waals surface area contributed by atoms with Gasteiger partial charge in [-0.3, -0.25) is 4.79 Å². The number of halogens is 1. The molecule has 0 radical (unpaired) electrons. The molecule has 1 aromatic rings. The van der Waals surface area contributed by atoms with Crippen molar-refractivity contribution in [3.63, 3.8) is 0 Å². The van der Waals surface area contributed by atoms with Crippen molar-refractivity contribution in [2.75, 3.05) is 6.61 Å². The lowest BCUT2D eigenvalue weighted by atomic mass is 9.94. The van der Waals surface area contributed by atoms with Gasteiger partial charge in [0.25, 0.3) is 5.91 Å². The standard InChI is InChI=1S/C12H17BrN2O2S/c1-7-9(18-11(13)14-7)10(16)15-8-4-5-17-12(2,3)6-8/h8H,4-6H2,1-3H3,(H,15,16). The normalized spacial score (nSPS) is 22.8. The molecule has 0 aliphatic carbocycles. The van der Waals surface area contributed by atoms with Gasteiger partial charge >= 0.3 is 0 Å². The van der Waals surface area contributed by atoms with Gasteiger partial charge in [0.1, 0.15) is 4.88 Å². The molecule has 1 fully saturated rings. The van der Waals surface area contributed by atoms with Gasteiger partial charge in [0, 0.05) is 12.6 Å². The fourth-order valence-corrected chi connectivity index (χ4v) is 3.63. The molecule has 1 aliphatic rings. The molecule has 100 valence electrons. The van der Waals surface area contributed by atoms with Crippen LogP contribution in [0, 0.1) is 6.92 Å². The summed E-state index contributed by atoms with van der Waals surface area (Å²) in [5.74, 6) is -0.0293. The predicted octanol–water partition coefficient (Wildman–Crippen LogP) is 2.90. The average Bonchev–Trinajstić information content (AvgIpc) is 2.56.